The molecule has 0 aliphatic rings. The topological polar surface area (TPSA) is 113 Å². The van der Waals surface area contributed by atoms with Gasteiger partial charge in [-0.1, -0.05) is 32.9 Å². The van der Waals surface area contributed by atoms with Gasteiger partial charge in [0.15, 0.2) is 11.5 Å². The van der Waals surface area contributed by atoms with Crippen LogP contribution in [-0.2, 0) is 10.2 Å². The zero-order valence-electron chi connectivity index (χ0n) is 22.6. The highest BCUT2D eigenvalue weighted by atomic mass is 32.2. The van der Waals surface area contributed by atoms with E-state index in [2.05, 4.69) is 65.8 Å². The maximum Gasteiger partial charge on any atom is 0.342 e. The van der Waals surface area contributed by atoms with Crippen LogP contribution in [-0.4, -0.2) is 47.4 Å². The summed E-state index contributed by atoms with van der Waals surface area (Å²) < 4.78 is 12.4. The van der Waals surface area contributed by atoms with E-state index >= 15 is 0 Å². The van der Waals surface area contributed by atoms with E-state index in [1.165, 1.54) is 36.7 Å². The molecule has 0 spiro atoms. The minimum atomic E-state index is -0.289. The molecule has 0 aliphatic carbocycles. The van der Waals surface area contributed by atoms with Gasteiger partial charge in [0, 0.05) is 0 Å². The second-order valence-corrected chi connectivity index (χ2v) is 10.7. The Morgan fingerprint density at radius 2 is 1.79 bits per heavy atom. The molecule has 0 saturated heterocycles. The first-order chi connectivity index (χ1) is 18.7. The van der Waals surface area contributed by atoms with Crippen molar-refractivity contribution in [3.63, 3.8) is 0 Å². The number of nitrogens with zero attached hydrogens (tertiary/aromatic N) is 3. The van der Waals surface area contributed by atoms with E-state index in [1.54, 1.807) is 19.2 Å². The van der Waals surface area contributed by atoms with E-state index in [-0.39, 0.29) is 22.8 Å². The van der Waals surface area contributed by atoms with Crippen molar-refractivity contribution in [1.29, 1.82) is 0 Å². The minimum Gasteiger partial charge on any atom is -0.504 e. The third kappa shape index (κ3) is 6.77. The van der Waals surface area contributed by atoms with Crippen LogP contribution in [0.25, 0.3) is 17.1 Å². The maximum absolute atomic E-state index is 12.5. The predicted octanol–water partition coefficient (Wildman–Crippen LogP) is 4.62. The Hall–Kier alpha value is -4.31. The van der Waals surface area contributed by atoms with Crippen LogP contribution < -0.4 is 19.5 Å². The SMILES string of the molecule is COc1ccc(-[n+]2c(SCC(=O)NN=Cc3ccc(O)c(OC)c3)n[nH]c2-c2ccc(C(C)(C)C)cc2)cc1. The van der Waals surface area contributed by atoms with Crippen LogP contribution in [0, 0.1) is 0 Å². The molecule has 0 saturated carbocycles. The summed E-state index contributed by atoms with van der Waals surface area (Å²) in [5.41, 5.74) is 6.33. The van der Waals surface area contributed by atoms with Crippen molar-refractivity contribution < 1.29 is 23.9 Å². The summed E-state index contributed by atoms with van der Waals surface area (Å²) in [5.74, 6) is 1.71. The number of amides is 1. The fourth-order valence-electron chi connectivity index (χ4n) is 3.80. The van der Waals surface area contributed by atoms with E-state index in [1.807, 2.05) is 28.8 Å². The first kappa shape index (κ1) is 27.7. The van der Waals surface area contributed by atoms with Gasteiger partial charge in [0.05, 0.1) is 36.8 Å². The van der Waals surface area contributed by atoms with Crippen molar-refractivity contribution in [2.45, 2.75) is 31.3 Å². The quantitative estimate of drug-likeness (QED) is 0.122. The monoisotopic (exact) mass is 546 g/mol. The summed E-state index contributed by atoms with van der Waals surface area (Å²) in [6.07, 6.45) is 1.48. The van der Waals surface area contributed by atoms with E-state index in [4.69, 9.17) is 9.47 Å². The number of aromatic hydroxyl groups is 1. The molecule has 4 rings (SSSR count). The molecule has 10 heteroatoms. The van der Waals surface area contributed by atoms with Crippen molar-refractivity contribution in [1.82, 2.24) is 15.6 Å². The average Bonchev–Trinajstić information content (AvgIpc) is 3.36. The third-order valence-corrected chi connectivity index (χ3v) is 6.90. The average molecular weight is 547 g/mol. The molecule has 0 aliphatic heterocycles. The van der Waals surface area contributed by atoms with Gasteiger partial charge < -0.3 is 14.6 Å². The zero-order chi connectivity index (χ0) is 28.0. The highest BCUT2D eigenvalue weighted by molar-refractivity contribution is 7.99. The lowest BCUT2D eigenvalue weighted by molar-refractivity contribution is -0.625. The number of carbonyl (C=O) groups is 1. The summed E-state index contributed by atoms with van der Waals surface area (Å²) >= 11 is 1.29. The second kappa shape index (κ2) is 12.0. The number of phenols is 1. The number of hydrazone groups is 1. The van der Waals surface area contributed by atoms with Crippen molar-refractivity contribution in [2.24, 2.45) is 5.10 Å². The van der Waals surface area contributed by atoms with Crippen LogP contribution in [0.1, 0.15) is 31.9 Å². The van der Waals surface area contributed by atoms with Gasteiger partial charge in [-0.25, -0.2) is 5.43 Å². The Labute approximate surface area is 231 Å². The van der Waals surface area contributed by atoms with Gasteiger partial charge in [0.1, 0.15) is 11.4 Å². The van der Waals surface area contributed by atoms with Crippen molar-refractivity contribution in [3.8, 4) is 34.3 Å². The van der Waals surface area contributed by atoms with Crippen molar-refractivity contribution in [2.75, 3.05) is 20.0 Å². The normalized spacial score (nSPS) is 11.5. The number of thioether (sulfide) groups is 1. The smallest absolute Gasteiger partial charge is 0.342 e. The Bertz CT molecular complexity index is 1460. The lowest BCUT2D eigenvalue weighted by Crippen LogP contribution is -2.34. The zero-order valence-corrected chi connectivity index (χ0v) is 23.4. The molecule has 3 aromatic carbocycles. The number of carbonyl (C=O) groups excluding carboxylic acids is 1. The van der Waals surface area contributed by atoms with Crippen LogP contribution in [0.4, 0.5) is 0 Å². The van der Waals surface area contributed by atoms with Crippen LogP contribution >= 0.6 is 11.8 Å². The highest BCUT2D eigenvalue weighted by Crippen LogP contribution is 2.27. The number of rotatable bonds is 9. The molecule has 39 heavy (non-hydrogen) atoms. The number of nitrogens with one attached hydrogen (secondary N) is 2. The highest BCUT2D eigenvalue weighted by Gasteiger charge is 2.25. The number of hydrogen-bond acceptors (Lipinski definition) is 7. The van der Waals surface area contributed by atoms with Gasteiger partial charge >= 0.3 is 5.16 Å². The third-order valence-electron chi connectivity index (χ3n) is 5.97. The molecule has 0 atom stereocenters. The fraction of sp³-hybridized carbons (Fsp3) is 0.241. The number of benzene rings is 3. The van der Waals surface area contributed by atoms with Crippen LogP contribution in [0.2, 0.25) is 0 Å². The molecule has 1 amide bonds. The predicted molar refractivity (Wildman–Crippen MR) is 152 cm³/mol. The lowest BCUT2D eigenvalue weighted by atomic mass is 9.87. The molecular weight excluding hydrogens is 514 g/mol. The molecule has 0 bridgehead atoms. The molecule has 202 valence electrons. The van der Waals surface area contributed by atoms with Gasteiger partial charge in [-0.05, 0) is 82.9 Å². The maximum atomic E-state index is 12.5. The summed E-state index contributed by atoms with van der Waals surface area (Å²) in [6.45, 7) is 6.55. The van der Waals surface area contributed by atoms with Gasteiger partial charge in [0.25, 0.3) is 11.7 Å². The number of methoxy groups -OCH3 is 2. The molecule has 0 fully saturated rings. The van der Waals surface area contributed by atoms with Crippen LogP contribution in [0.3, 0.4) is 0 Å². The van der Waals surface area contributed by atoms with Crippen molar-refractivity contribution >= 4 is 23.9 Å². The molecule has 9 nitrogen and oxygen atoms in total. The second-order valence-electron chi connectivity index (χ2n) is 9.73. The first-order valence-corrected chi connectivity index (χ1v) is 13.3. The Morgan fingerprint density at radius 1 is 1.08 bits per heavy atom. The first-order valence-electron chi connectivity index (χ1n) is 12.3. The number of phenolic OH excluding ortho intramolecular Hbond substituents is 1. The van der Waals surface area contributed by atoms with E-state index < -0.39 is 0 Å². The Balaban J connectivity index is 1.53. The van der Waals surface area contributed by atoms with E-state index in [9.17, 15) is 9.90 Å². The van der Waals surface area contributed by atoms with Gasteiger partial charge in [0.2, 0.25) is 0 Å². The summed E-state index contributed by atoms with van der Waals surface area (Å²) in [4.78, 5) is 12.5. The summed E-state index contributed by atoms with van der Waals surface area (Å²) in [7, 11) is 3.09. The van der Waals surface area contributed by atoms with Crippen LogP contribution in [0.15, 0.2) is 77.0 Å². The molecule has 3 N–H and O–H groups in total. The standard InChI is InChI=1S/C29H31N5O4S/c1-29(2,3)21-9-7-20(8-10-21)27-32-33-28(34(27)22-11-13-23(37-4)14-12-22)39-18-26(36)31-30-17-19-6-15-24(35)25(16-19)38-5/h6-17H,18H2,1-5H3,(H2,30,31,35,36)/p+1. The molecular formula is C29H32N5O4S+. The molecule has 0 unspecified atom stereocenters. The Morgan fingerprint density at radius 3 is 2.44 bits per heavy atom. The molecule has 0 radical (unpaired) electrons. The number of aromatic amines is 1. The molecule has 4 aromatic rings. The van der Waals surface area contributed by atoms with Gasteiger partial charge in [-0.15, -0.1) is 5.10 Å². The summed E-state index contributed by atoms with van der Waals surface area (Å²) in [5, 5.41) is 22.0. The number of aromatic nitrogens is 3. The largest absolute Gasteiger partial charge is 0.504 e. The molecule has 1 heterocycles. The number of ether oxygens (including phenoxy) is 2. The molecule has 1 aromatic heterocycles. The number of hydrogen-bond donors (Lipinski definition) is 3. The van der Waals surface area contributed by atoms with Gasteiger partial charge in [-0.3, -0.25) is 4.79 Å². The van der Waals surface area contributed by atoms with Crippen molar-refractivity contribution in [3.05, 3.63) is 77.9 Å². The van der Waals surface area contributed by atoms with Crippen LogP contribution in [0.5, 0.6) is 17.2 Å². The number of H-pyrrole nitrogens is 1. The van der Waals surface area contributed by atoms with Gasteiger partial charge in [-0.2, -0.15) is 9.67 Å². The van der Waals surface area contributed by atoms with E-state index in [0.717, 1.165) is 22.8 Å². The van der Waals surface area contributed by atoms with E-state index in [0.29, 0.717) is 16.5 Å². The lowest BCUT2D eigenvalue weighted by Gasteiger charge is -2.18. The summed E-state index contributed by atoms with van der Waals surface area (Å²) in [6, 6.07) is 20.8. The Kier molecular flexibility index (Phi) is 8.55. The minimum absolute atomic E-state index is 0.0313. The fourth-order valence-corrected chi connectivity index (χ4v) is 4.56.